The second kappa shape index (κ2) is 8.95. The highest BCUT2D eigenvalue weighted by molar-refractivity contribution is 4.69. The third kappa shape index (κ3) is 7.55. The predicted octanol–water partition coefficient (Wildman–Crippen LogP) is 1.86. The molecule has 0 aromatic heterocycles. The standard InChI is InChI=1S/C15H28O5/c1-2-3-6-13(20-15-11-19-15)7-4-5-12(16)8-17-9-14-10-18-14/h12-16H,2-11H2,1H3. The topological polar surface area (TPSA) is 63.8 Å². The number of unbranched alkanes of at least 4 members (excludes halogenated alkanes) is 1. The molecule has 0 aliphatic carbocycles. The van der Waals surface area contributed by atoms with E-state index >= 15 is 0 Å². The number of aliphatic hydroxyl groups excluding tert-OH is 1. The number of aliphatic hydroxyl groups is 1. The average Bonchev–Trinajstić information content (AvgIpc) is 3.30. The summed E-state index contributed by atoms with van der Waals surface area (Å²) in [5.74, 6) is 0. The lowest BCUT2D eigenvalue weighted by molar-refractivity contribution is -0.0242. The summed E-state index contributed by atoms with van der Waals surface area (Å²) in [4.78, 5) is 0. The van der Waals surface area contributed by atoms with Crippen LogP contribution < -0.4 is 0 Å². The Morgan fingerprint density at radius 2 is 1.90 bits per heavy atom. The van der Waals surface area contributed by atoms with Gasteiger partial charge in [0, 0.05) is 0 Å². The lowest BCUT2D eigenvalue weighted by atomic mass is 10.0. The van der Waals surface area contributed by atoms with E-state index in [1.165, 1.54) is 12.8 Å². The van der Waals surface area contributed by atoms with Gasteiger partial charge in [0.15, 0.2) is 6.29 Å². The maximum absolute atomic E-state index is 9.83. The molecule has 4 atom stereocenters. The summed E-state index contributed by atoms with van der Waals surface area (Å²) in [7, 11) is 0. The Morgan fingerprint density at radius 3 is 2.55 bits per heavy atom. The van der Waals surface area contributed by atoms with Crippen LogP contribution >= 0.6 is 0 Å². The van der Waals surface area contributed by atoms with Gasteiger partial charge in [-0.15, -0.1) is 0 Å². The third-order valence-corrected chi connectivity index (χ3v) is 3.61. The molecule has 0 radical (unpaired) electrons. The maximum Gasteiger partial charge on any atom is 0.181 e. The van der Waals surface area contributed by atoms with E-state index in [1.54, 1.807) is 0 Å². The molecule has 2 fully saturated rings. The Kier molecular flexibility index (Phi) is 7.24. The minimum absolute atomic E-state index is 0.0312. The summed E-state index contributed by atoms with van der Waals surface area (Å²) in [5, 5.41) is 9.83. The first-order chi connectivity index (χ1) is 9.78. The smallest absolute Gasteiger partial charge is 0.181 e. The first kappa shape index (κ1) is 16.2. The van der Waals surface area contributed by atoms with Gasteiger partial charge in [0.2, 0.25) is 0 Å². The molecule has 20 heavy (non-hydrogen) atoms. The SMILES string of the molecule is CCCCC(CCCC(O)COCC1CO1)OC1CO1. The summed E-state index contributed by atoms with van der Waals surface area (Å²) in [6.45, 7) is 4.75. The fourth-order valence-electron chi connectivity index (χ4n) is 2.21. The quantitative estimate of drug-likeness (QED) is 0.524. The van der Waals surface area contributed by atoms with Crippen LogP contribution in [-0.4, -0.2) is 56.1 Å². The summed E-state index contributed by atoms with van der Waals surface area (Å²) in [6.07, 6.45) is 6.37. The number of rotatable bonds is 13. The summed E-state index contributed by atoms with van der Waals surface area (Å²) in [6, 6.07) is 0. The highest BCUT2D eigenvalue weighted by Gasteiger charge is 2.27. The number of epoxide rings is 2. The highest BCUT2D eigenvalue weighted by atomic mass is 16.8. The lowest BCUT2D eigenvalue weighted by Crippen LogP contribution is -2.19. The number of hydrogen-bond acceptors (Lipinski definition) is 5. The van der Waals surface area contributed by atoms with Gasteiger partial charge in [0.05, 0.1) is 32.0 Å². The van der Waals surface area contributed by atoms with Crippen LogP contribution in [0.15, 0.2) is 0 Å². The molecule has 118 valence electrons. The van der Waals surface area contributed by atoms with Crippen LogP contribution in [-0.2, 0) is 18.9 Å². The summed E-state index contributed by atoms with van der Waals surface area (Å²) in [5.41, 5.74) is 0. The zero-order chi connectivity index (χ0) is 14.2. The Labute approximate surface area is 121 Å². The number of hydrogen-bond donors (Lipinski definition) is 1. The first-order valence-corrected chi connectivity index (χ1v) is 7.92. The predicted molar refractivity (Wildman–Crippen MR) is 74.6 cm³/mol. The molecule has 0 aromatic rings. The average molecular weight is 288 g/mol. The van der Waals surface area contributed by atoms with Crippen LogP contribution in [0.25, 0.3) is 0 Å². The van der Waals surface area contributed by atoms with Crippen molar-refractivity contribution in [3.05, 3.63) is 0 Å². The van der Waals surface area contributed by atoms with E-state index in [-0.39, 0.29) is 24.6 Å². The normalized spacial score (nSPS) is 27.3. The van der Waals surface area contributed by atoms with E-state index in [0.29, 0.717) is 13.2 Å². The fraction of sp³-hybridized carbons (Fsp3) is 1.00. The van der Waals surface area contributed by atoms with Crippen molar-refractivity contribution in [2.24, 2.45) is 0 Å². The molecule has 0 aromatic carbocycles. The van der Waals surface area contributed by atoms with Gasteiger partial charge in [-0.05, 0) is 25.7 Å². The van der Waals surface area contributed by atoms with E-state index in [4.69, 9.17) is 18.9 Å². The fourth-order valence-corrected chi connectivity index (χ4v) is 2.21. The highest BCUT2D eigenvalue weighted by Crippen LogP contribution is 2.20. The molecule has 1 N–H and O–H groups in total. The molecule has 4 unspecified atom stereocenters. The van der Waals surface area contributed by atoms with Gasteiger partial charge in [-0.1, -0.05) is 19.8 Å². The molecule has 2 aliphatic rings. The molecule has 2 rings (SSSR count). The van der Waals surface area contributed by atoms with Crippen molar-refractivity contribution in [1.29, 1.82) is 0 Å². The molecule has 2 saturated heterocycles. The van der Waals surface area contributed by atoms with Gasteiger partial charge in [-0.3, -0.25) is 0 Å². The molecule has 0 saturated carbocycles. The molecule has 2 heterocycles. The molecule has 2 aliphatic heterocycles. The second-order valence-electron chi connectivity index (χ2n) is 5.74. The number of ether oxygens (including phenoxy) is 4. The molecule has 5 heteroatoms. The van der Waals surface area contributed by atoms with Crippen LogP contribution in [0, 0.1) is 0 Å². The van der Waals surface area contributed by atoms with Gasteiger partial charge in [0.25, 0.3) is 0 Å². The van der Waals surface area contributed by atoms with Gasteiger partial charge in [0.1, 0.15) is 12.7 Å². The van der Waals surface area contributed by atoms with Gasteiger partial charge in [-0.2, -0.15) is 0 Å². The molecule has 0 spiro atoms. The van der Waals surface area contributed by atoms with Crippen molar-refractivity contribution in [1.82, 2.24) is 0 Å². The molecule has 0 amide bonds. The lowest BCUT2D eigenvalue weighted by Gasteiger charge is -2.17. The van der Waals surface area contributed by atoms with Crippen LogP contribution in [0.4, 0.5) is 0 Å². The molecule has 5 nitrogen and oxygen atoms in total. The van der Waals surface area contributed by atoms with Crippen LogP contribution in [0.2, 0.25) is 0 Å². The Balaban J connectivity index is 1.48. The first-order valence-electron chi connectivity index (χ1n) is 7.92. The van der Waals surface area contributed by atoms with Crippen molar-refractivity contribution in [3.63, 3.8) is 0 Å². The third-order valence-electron chi connectivity index (χ3n) is 3.61. The van der Waals surface area contributed by atoms with Crippen LogP contribution in [0.5, 0.6) is 0 Å². The summed E-state index contributed by atoms with van der Waals surface area (Å²) >= 11 is 0. The Morgan fingerprint density at radius 1 is 1.15 bits per heavy atom. The van der Waals surface area contributed by atoms with E-state index in [2.05, 4.69) is 6.92 Å². The van der Waals surface area contributed by atoms with E-state index < -0.39 is 0 Å². The largest absolute Gasteiger partial charge is 0.391 e. The van der Waals surface area contributed by atoms with Crippen molar-refractivity contribution in [2.75, 3.05) is 26.4 Å². The zero-order valence-electron chi connectivity index (χ0n) is 12.5. The van der Waals surface area contributed by atoms with E-state index in [9.17, 15) is 5.11 Å². The zero-order valence-corrected chi connectivity index (χ0v) is 12.5. The maximum atomic E-state index is 9.83. The monoisotopic (exact) mass is 288 g/mol. The van der Waals surface area contributed by atoms with E-state index in [0.717, 1.165) is 38.9 Å². The van der Waals surface area contributed by atoms with Crippen molar-refractivity contribution in [3.8, 4) is 0 Å². The Bertz CT molecular complexity index is 253. The van der Waals surface area contributed by atoms with Crippen LogP contribution in [0.3, 0.4) is 0 Å². The second-order valence-corrected chi connectivity index (χ2v) is 5.74. The molecular formula is C15H28O5. The van der Waals surface area contributed by atoms with Gasteiger partial charge < -0.3 is 24.1 Å². The van der Waals surface area contributed by atoms with Crippen molar-refractivity contribution < 1.29 is 24.1 Å². The van der Waals surface area contributed by atoms with E-state index in [1.807, 2.05) is 0 Å². The minimum atomic E-state index is -0.377. The van der Waals surface area contributed by atoms with Crippen molar-refractivity contribution >= 4 is 0 Å². The van der Waals surface area contributed by atoms with Crippen LogP contribution in [0.1, 0.15) is 45.4 Å². The minimum Gasteiger partial charge on any atom is -0.391 e. The molecule has 0 bridgehead atoms. The molecular weight excluding hydrogens is 260 g/mol. The van der Waals surface area contributed by atoms with Crippen molar-refractivity contribution in [2.45, 2.75) is 70.1 Å². The van der Waals surface area contributed by atoms with Gasteiger partial charge in [-0.25, -0.2) is 0 Å². The Hall–Kier alpha value is -0.200. The summed E-state index contributed by atoms with van der Waals surface area (Å²) < 4.78 is 21.4. The van der Waals surface area contributed by atoms with Gasteiger partial charge >= 0.3 is 0 Å².